The van der Waals surface area contributed by atoms with Crippen molar-refractivity contribution in [2.45, 2.75) is 25.7 Å². The van der Waals surface area contributed by atoms with Crippen LogP contribution < -0.4 is 0 Å². The summed E-state index contributed by atoms with van der Waals surface area (Å²) >= 11 is 0. The van der Waals surface area contributed by atoms with Crippen LogP contribution in [0.15, 0.2) is 30.5 Å². The number of benzene rings is 1. The molecular weight excluding hydrogens is 259 g/mol. The van der Waals surface area contributed by atoms with Gasteiger partial charge in [-0.3, -0.25) is 4.90 Å². The third-order valence-corrected chi connectivity index (χ3v) is 3.48. The minimum atomic E-state index is -0.191. The van der Waals surface area contributed by atoms with Crippen LogP contribution in [0.5, 0.6) is 0 Å². The zero-order chi connectivity index (χ0) is 13.8. The molecule has 5 nitrogen and oxygen atoms in total. The van der Waals surface area contributed by atoms with Gasteiger partial charge in [0.05, 0.1) is 18.9 Å². The van der Waals surface area contributed by atoms with Gasteiger partial charge < -0.3 is 4.74 Å². The molecule has 6 heteroatoms. The van der Waals surface area contributed by atoms with Gasteiger partial charge in [0.2, 0.25) is 0 Å². The summed E-state index contributed by atoms with van der Waals surface area (Å²) in [6.45, 7) is 3.23. The normalized spacial score (nSPS) is 19.6. The second kappa shape index (κ2) is 6.11. The zero-order valence-electron chi connectivity index (χ0n) is 11.1. The Hall–Kier alpha value is -1.79. The van der Waals surface area contributed by atoms with Crippen LogP contribution in [0.25, 0.3) is 0 Å². The van der Waals surface area contributed by atoms with Crippen molar-refractivity contribution in [1.29, 1.82) is 0 Å². The fourth-order valence-corrected chi connectivity index (χ4v) is 2.42. The molecule has 3 rings (SSSR count). The van der Waals surface area contributed by atoms with Crippen molar-refractivity contribution in [1.82, 2.24) is 20.3 Å². The Labute approximate surface area is 116 Å². The Bertz CT molecular complexity index is 529. The van der Waals surface area contributed by atoms with Crippen LogP contribution in [0.4, 0.5) is 4.39 Å². The van der Waals surface area contributed by atoms with Gasteiger partial charge in [-0.1, -0.05) is 12.1 Å². The van der Waals surface area contributed by atoms with E-state index in [-0.39, 0.29) is 11.9 Å². The van der Waals surface area contributed by atoms with E-state index in [0.29, 0.717) is 6.61 Å². The lowest BCUT2D eigenvalue weighted by Crippen LogP contribution is -2.23. The van der Waals surface area contributed by atoms with E-state index in [9.17, 15) is 4.39 Å². The summed E-state index contributed by atoms with van der Waals surface area (Å²) in [4.78, 5) is 2.32. The van der Waals surface area contributed by atoms with E-state index in [1.807, 2.05) is 12.1 Å². The average Bonchev–Trinajstić information content (AvgIpc) is 3.10. The number of aromatic nitrogens is 3. The summed E-state index contributed by atoms with van der Waals surface area (Å²) in [6, 6.07) is 6.67. The molecule has 1 aliphatic heterocycles. The van der Waals surface area contributed by atoms with Crippen LogP contribution in [0.1, 0.15) is 17.7 Å². The summed E-state index contributed by atoms with van der Waals surface area (Å²) in [5.41, 5.74) is 1.95. The Balaban J connectivity index is 1.46. The highest BCUT2D eigenvalue weighted by Gasteiger charge is 2.23. The predicted octanol–water partition coefficient (Wildman–Crippen LogP) is 1.73. The maximum absolute atomic E-state index is 12.9. The highest BCUT2D eigenvalue weighted by molar-refractivity contribution is 5.16. The zero-order valence-corrected chi connectivity index (χ0v) is 11.1. The largest absolute Gasteiger partial charge is 0.370 e. The molecule has 0 unspecified atom stereocenters. The topological polar surface area (TPSA) is 54.0 Å². The number of nitrogens with zero attached hydrogens (tertiary/aromatic N) is 3. The molecule has 0 bridgehead atoms. The van der Waals surface area contributed by atoms with Crippen molar-refractivity contribution >= 4 is 0 Å². The van der Waals surface area contributed by atoms with Crippen LogP contribution in [0.2, 0.25) is 0 Å². The van der Waals surface area contributed by atoms with Gasteiger partial charge in [0.15, 0.2) is 0 Å². The lowest BCUT2D eigenvalue weighted by atomic mass is 10.2. The number of rotatable bonds is 5. The first kappa shape index (κ1) is 13.2. The fourth-order valence-electron chi connectivity index (χ4n) is 2.42. The molecule has 1 saturated heterocycles. The molecule has 0 saturated carbocycles. The third kappa shape index (κ3) is 3.40. The molecule has 1 aromatic heterocycles. The van der Waals surface area contributed by atoms with E-state index in [0.717, 1.165) is 37.3 Å². The van der Waals surface area contributed by atoms with E-state index in [1.54, 1.807) is 6.20 Å². The maximum atomic E-state index is 12.9. The fraction of sp³-hybridized carbons (Fsp3) is 0.429. The number of hydrogen-bond donors (Lipinski definition) is 1. The number of aromatic amines is 1. The summed E-state index contributed by atoms with van der Waals surface area (Å²) in [5.74, 6) is -0.191. The highest BCUT2D eigenvalue weighted by Crippen LogP contribution is 2.17. The van der Waals surface area contributed by atoms with E-state index < -0.39 is 0 Å². The number of nitrogens with one attached hydrogen (secondary N) is 1. The summed E-state index contributed by atoms with van der Waals surface area (Å²) < 4.78 is 18.7. The molecule has 2 heterocycles. The third-order valence-electron chi connectivity index (χ3n) is 3.48. The molecule has 1 aliphatic rings. The molecule has 0 amide bonds. The quantitative estimate of drug-likeness (QED) is 0.903. The van der Waals surface area contributed by atoms with Crippen LogP contribution in [-0.2, 0) is 17.9 Å². The minimum Gasteiger partial charge on any atom is -0.370 e. The number of ether oxygens (including phenoxy) is 1. The average molecular weight is 276 g/mol. The Morgan fingerprint density at radius 1 is 1.35 bits per heavy atom. The second-order valence-corrected chi connectivity index (χ2v) is 5.04. The molecule has 1 N–H and O–H groups in total. The van der Waals surface area contributed by atoms with Crippen molar-refractivity contribution in [3.63, 3.8) is 0 Å². The van der Waals surface area contributed by atoms with Crippen LogP contribution >= 0.6 is 0 Å². The van der Waals surface area contributed by atoms with Gasteiger partial charge in [-0.2, -0.15) is 15.4 Å². The van der Waals surface area contributed by atoms with Gasteiger partial charge in [0, 0.05) is 19.6 Å². The maximum Gasteiger partial charge on any atom is 0.123 e. The van der Waals surface area contributed by atoms with E-state index in [4.69, 9.17) is 4.74 Å². The number of halogens is 1. The summed E-state index contributed by atoms with van der Waals surface area (Å²) in [7, 11) is 0. The van der Waals surface area contributed by atoms with Gasteiger partial charge in [-0.05, 0) is 24.1 Å². The van der Waals surface area contributed by atoms with E-state index in [1.165, 1.54) is 12.1 Å². The molecule has 0 aliphatic carbocycles. The Morgan fingerprint density at radius 2 is 2.20 bits per heavy atom. The molecule has 0 spiro atoms. The SMILES string of the molecule is Fc1ccc(CN2CC[C@H](OCc3cn[nH]n3)C2)cc1. The lowest BCUT2D eigenvalue weighted by molar-refractivity contribution is 0.0442. The molecule has 106 valence electrons. The summed E-state index contributed by atoms with van der Waals surface area (Å²) in [6.07, 6.45) is 2.91. The number of H-pyrrole nitrogens is 1. The van der Waals surface area contributed by atoms with Gasteiger partial charge in [0.1, 0.15) is 11.5 Å². The number of likely N-dealkylation sites (tertiary alicyclic amines) is 1. The van der Waals surface area contributed by atoms with Gasteiger partial charge in [-0.25, -0.2) is 4.39 Å². The van der Waals surface area contributed by atoms with Crippen molar-refractivity contribution in [3.8, 4) is 0 Å². The van der Waals surface area contributed by atoms with Crippen LogP contribution in [-0.4, -0.2) is 39.5 Å². The number of hydrogen-bond acceptors (Lipinski definition) is 4. The summed E-state index contributed by atoms with van der Waals surface area (Å²) in [5, 5.41) is 10.3. The highest BCUT2D eigenvalue weighted by atomic mass is 19.1. The first-order valence-electron chi connectivity index (χ1n) is 6.72. The van der Waals surface area contributed by atoms with Crippen molar-refractivity contribution in [2.75, 3.05) is 13.1 Å². The molecule has 1 atom stereocenters. The first-order valence-corrected chi connectivity index (χ1v) is 6.72. The molecule has 1 aromatic carbocycles. The molecule has 20 heavy (non-hydrogen) atoms. The smallest absolute Gasteiger partial charge is 0.123 e. The lowest BCUT2D eigenvalue weighted by Gasteiger charge is -2.16. The van der Waals surface area contributed by atoms with Crippen LogP contribution in [0.3, 0.4) is 0 Å². The van der Waals surface area contributed by atoms with Crippen LogP contribution in [0, 0.1) is 5.82 Å². The van der Waals surface area contributed by atoms with Gasteiger partial charge in [0.25, 0.3) is 0 Å². The van der Waals surface area contributed by atoms with E-state index >= 15 is 0 Å². The second-order valence-electron chi connectivity index (χ2n) is 5.04. The van der Waals surface area contributed by atoms with Gasteiger partial charge in [-0.15, -0.1) is 0 Å². The molecular formula is C14H17FN4O. The Morgan fingerprint density at radius 3 is 2.95 bits per heavy atom. The van der Waals surface area contributed by atoms with E-state index in [2.05, 4.69) is 20.3 Å². The van der Waals surface area contributed by atoms with Crippen molar-refractivity contribution < 1.29 is 9.13 Å². The molecule has 0 radical (unpaired) electrons. The predicted molar refractivity (Wildman–Crippen MR) is 71.3 cm³/mol. The van der Waals surface area contributed by atoms with Crippen molar-refractivity contribution in [2.24, 2.45) is 0 Å². The molecule has 2 aromatic rings. The Kier molecular flexibility index (Phi) is 4.03. The first-order chi connectivity index (χ1) is 9.79. The molecule has 1 fully saturated rings. The minimum absolute atomic E-state index is 0.191. The monoisotopic (exact) mass is 276 g/mol. The standard InChI is InChI=1S/C14H17FN4O/c15-12-3-1-11(2-4-12)8-19-6-5-14(9-19)20-10-13-7-16-18-17-13/h1-4,7,14H,5-6,8-10H2,(H,16,17,18)/t14-/m0/s1. The van der Waals surface area contributed by atoms with Gasteiger partial charge >= 0.3 is 0 Å². The van der Waals surface area contributed by atoms with Crippen molar-refractivity contribution in [3.05, 3.63) is 47.5 Å².